The fraction of sp³-hybridized carbons (Fsp3) is 0.400. The number of para-hydroxylation sites is 1. The molecule has 2 aliphatic rings. The van der Waals surface area contributed by atoms with E-state index in [1.165, 1.54) is 6.26 Å². The topological polar surface area (TPSA) is 42.0 Å². The maximum Gasteiger partial charge on any atom is 0.222 e. The van der Waals surface area contributed by atoms with Crippen molar-refractivity contribution in [2.24, 2.45) is 0 Å². The van der Waals surface area contributed by atoms with Crippen molar-refractivity contribution in [3.63, 3.8) is 0 Å². The lowest BCUT2D eigenvalue weighted by molar-refractivity contribution is -0.131. The van der Waals surface area contributed by atoms with Gasteiger partial charge in [-0.1, -0.05) is 13.0 Å². The maximum absolute atomic E-state index is 11.7. The first-order chi connectivity index (χ1) is 9.79. The Morgan fingerprint density at radius 3 is 2.65 bits per heavy atom. The van der Waals surface area contributed by atoms with Crippen LogP contribution in [0.2, 0.25) is 0 Å². The van der Waals surface area contributed by atoms with Gasteiger partial charge in [0.15, 0.2) is 11.5 Å². The van der Waals surface area contributed by atoms with E-state index in [1.807, 2.05) is 30.0 Å². The maximum atomic E-state index is 11.7. The van der Waals surface area contributed by atoms with Crippen LogP contribution in [0.25, 0.3) is 0 Å². The molecule has 2 heterocycles. The number of anilines is 1. The number of ether oxygens (including phenoxy) is 2. The average molecular weight is 274 g/mol. The number of carbonyl (C=O) groups is 1. The highest BCUT2D eigenvalue weighted by molar-refractivity contribution is 5.76. The molecule has 1 aromatic rings. The molecule has 5 heteroatoms. The highest BCUT2D eigenvalue weighted by Gasteiger charge is 2.24. The Bertz CT molecular complexity index is 534. The normalized spacial score (nSPS) is 17.2. The van der Waals surface area contributed by atoms with Gasteiger partial charge >= 0.3 is 0 Å². The zero-order valence-electron chi connectivity index (χ0n) is 11.5. The molecule has 0 spiro atoms. The molecule has 0 bridgehead atoms. The molecule has 0 aliphatic carbocycles. The van der Waals surface area contributed by atoms with E-state index in [0.29, 0.717) is 6.42 Å². The molecule has 2 aliphatic heterocycles. The first-order valence-electron chi connectivity index (χ1n) is 6.93. The first-order valence-corrected chi connectivity index (χ1v) is 6.93. The van der Waals surface area contributed by atoms with E-state index in [2.05, 4.69) is 4.90 Å². The number of hydrogen-bond acceptors (Lipinski definition) is 4. The van der Waals surface area contributed by atoms with Crippen LogP contribution < -0.4 is 14.4 Å². The smallest absolute Gasteiger partial charge is 0.222 e. The minimum atomic E-state index is 0.224. The van der Waals surface area contributed by atoms with E-state index >= 15 is 0 Å². The summed E-state index contributed by atoms with van der Waals surface area (Å²) in [6, 6.07) is 5.87. The summed E-state index contributed by atoms with van der Waals surface area (Å²) in [6.07, 6.45) is 3.65. The monoisotopic (exact) mass is 274 g/mol. The zero-order valence-corrected chi connectivity index (χ0v) is 11.5. The highest BCUT2D eigenvalue weighted by atomic mass is 16.5. The van der Waals surface area contributed by atoms with Gasteiger partial charge in [0.05, 0.1) is 5.69 Å². The fourth-order valence-corrected chi connectivity index (χ4v) is 2.58. The van der Waals surface area contributed by atoms with Crippen LogP contribution in [0.4, 0.5) is 5.69 Å². The summed E-state index contributed by atoms with van der Waals surface area (Å²) in [7, 11) is 0. The van der Waals surface area contributed by atoms with Crippen LogP contribution in [0.3, 0.4) is 0 Å². The Kier molecular flexibility index (Phi) is 3.50. The number of amides is 1. The molecular formula is C15H18N2O3. The predicted molar refractivity (Wildman–Crippen MR) is 75.9 cm³/mol. The Morgan fingerprint density at radius 2 is 1.90 bits per heavy atom. The average Bonchev–Trinajstić information content (AvgIpc) is 2.54. The molecule has 5 nitrogen and oxygen atoms in total. The molecule has 20 heavy (non-hydrogen) atoms. The molecule has 0 saturated carbocycles. The van der Waals surface area contributed by atoms with Gasteiger partial charge in [-0.05, 0) is 12.1 Å². The van der Waals surface area contributed by atoms with Crippen LogP contribution >= 0.6 is 0 Å². The van der Waals surface area contributed by atoms with E-state index in [4.69, 9.17) is 9.47 Å². The van der Waals surface area contributed by atoms with E-state index in [0.717, 1.165) is 43.4 Å². The molecule has 1 saturated heterocycles. The molecule has 0 unspecified atom stereocenters. The molecule has 1 fully saturated rings. The lowest BCUT2D eigenvalue weighted by Gasteiger charge is -2.36. The van der Waals surface area contributed by atoms with Gasteiger partial charge in [0, 0.05) is 32.6 Å². The van der Waals surface area contributed by atoms with Gasteiger partial charge in [-0.2, -0.15) is 0 Å². The summed E-state index contributed by atoms with van der Waals surface area (Å²) in [6.45, 7) is 5.05. The summed E-state index contributed by atoms with van der Waals surface area (Å²) in [5.41, 5.74) is 1.02. The van der Waals surface area contributed by atoms with Crippen molar-refractivity contribution in [3.8, 4) is 11.5 Å². The Balaban J connectivity index is 1.75. The third kappa shape index (κ3) is 2.31. The second-order valence-electron chi connectivity index (χ2n) is 4.83. The first kappa shape index (κ1) is 12.8. The van der Waals surface area contributed by atoms with Crippen molar-refractivity contribution in [1.82, 2.24) is 4.90 Å². The largest absolute Gasteiger partial charge is 0.458 e. The number of piperazine rings is 1. The van der Waals surface area contributed by atoms with Crippen molar-refractivity contribution in [1.29, 1.82) is 0 Å². The number of hydrogen-bond donors (Lipinski definition) is 0. The Labute approximate surface area is 118 Å². The Morgan fingerprint density at radius 1 is 1.15 bits per heavy atom. The number of benzene rings is 1. The fourth-order valence-electron chi connectivity index (χ4n) is 2.58. The van der Waals surface area contributed by atoms with Crippen molar-refractivity contribution < 1.29 is 14.3 Å². The molecule has 1 amide bonds. The molecular weight excluding hydrogens is 256 g/mol. The number of fused-ring (bicyclic) bond motifs is 1. The van der Waals surface area contributed by atoms with Crippen LogP contribution in [0.15, 0.2) is 30.7 Å². The SMILES string of the molecule is CCC(=O)N1CCN(c2cccc3c2OC=CO3)CC1. The molecule has 1 aromatic carbocycles. The standard InChI is InChI=1S/C15H18N2O3/c1-2-14(18)17-8-6-16(7-9-17)12-4-3-5-13-15(12)20-11-10-19-13/h3-5,10-11H,2,6-9H2,1H3. The predicted octanol–water partition coefficient (Wildman–Crippen LogP) is 1.99. The van der Waals surface area contributed by atoms with Gasteiger partial charge in [-0.25, -0.2) is 0 Å². The van der Waals surface area contributed by atoms with Crippen LogP contribution in [-0.4, -0.2) is 37.0 Å². The van der Waals surface area contributed by atoms with E-state index in [-0.39, 0.29) is 5.91 Å². The zero-order chi connectivity index (χ0) is 13.9. The lowest BCUT2D eigenvalue weighted by atomic mass is 10.2. The van der Waals surface area contributed by atoms with Gasteiger partial charge < -0.3 is 19.3 Å². The van der Waals surface area contributed by atoms with Crippen LogP contribution in [-0.2, 0) is 4.79 Å². The summed E-state index contributed by atoms with van der Waals surface area (Å²) in [4.78, 5) is 15.9. The summed E-state index contributed by atoms with van der Waals surface area (Å²) < 4.78 is 11.0. The van der Waals surface area contributed by atoms with Crippen molar-refractivity contribution >= 4 is 11.6 Å². The second kappa shape index (κ2) is 5.45. The number of carbonyl (C=O) groups excluding carboxylic acids is 1. The van der Waals surface area contributed by atoms with Gasteiger partial charge in [0.1, 0.15) is 12.5 Å². The third-order valence-corrected chi connectivity index (χ3v) is 3.67. The third-order valence-electron chi connectivity index (χ3n) is 3.67. The van der Waals surface area contributed by atoms with Crippen molar-refractivity contribution in [2.75, 3.05) is 31.1 Å². The molecule has 3 rings (SSSR count). The van der Waals surface area contributed by atoms with Gasteiger partial charge in [-0.3, -0.25) is 4.79 Å². The molecule has 0 atom stereocenters. The number of nitrogens with zero attached hydrogens (tertiary/aromatic N) is 2. The van der Waals surface area contributed by atoms with Gasteiger partial charge in [-0.15, -0.1) is 0 Å². The molecule has 106 valence electrons. The minimum Gasteiger partial charge on any atom is -0.458 e. The lowest BCUT2D eigenvalue weighted by Crippen LogP contribution is -2.48. The van der Waals surface area contributed by atoms with E-state index in [9.17, 15) is 4.79 Å². The second-order valence-corrected chi connectivity index (χ2v) is 4.83. The van der Waals surface area contributed by atoms with Gasteiger partial charge in [0.25, 0.3) is 0 Å². The molecule has 0 N–H and O–H groups in total. The van der Waals surface area contributed by atoms with Crippen LogP contribution in [0.1, 0.15) is 13.3 Å². The quantitative estimate of drug-likeness (QED) is 0.827. The molecule has 0 radical (unpaired) electrons. The minimum absolute atomic E-state index is 0.224. The summed E-state index contributed by atoms with van der Waals surface area (Å²) in [5.74, 6) is 1.71. The Hall–Kier alpha value is -2.17. The summed E-state index contributed by atoms with van der Waals surface area (Å²) in [5, 5.41) is 0. The van der Waals surface area contributed by atoms with Crippen molar-refractivity contribution in [2.45, 2.75) is 13.3 Å². The van der Waals surface area contributed by atoms with Gasteiger partial charge in [0.2, 0.25) is 5.91 Å². The van der Waals surface area contributed by atoms with E-state index < -0.39 is 0 Å². The highest BCUT2D eigenvalue weighted by Crippen LogP contribution is 2.39. The van der Waals surface area contributed by atoms with Crippen LogP contribution in [0.5, 0.6) is 11.5 Å². The molecule has 0 aromatic heterocycles. The van der Waals surface area contributed by atoms with Crippen molar-refractivity contribution in [3.05, 3.63) is 30.7 Å². The summed E-state index contributed by atoms with van der Waals surface area (Å²) >= 11 is 0. The van der Waals surface area contributed by atoms with E-state index in [1.54, 1.807) is 6.26 Å². The number of rotatable bonds is 2. The van der Waals surface area contributed by atoms with Crippen LogP contribution in [0, 0.1) is 0 Å².